The van der Waals surface area contributed by atoms with Crippen molar-refractivity contribution in [1.82, 2.24) is 13.9 Å². The molecule has 1 fully saturated rings. The third-order valence-corrected chi connectivity index (χ3v) is 7.99. The number of carbonyl (C=O) groups excluding carboxylic acids is 1. The number of fused-ring (bicyclic) bond motifs is 1. The van der Waals surface area contributed by atoms with E-state index in [1.54, 1.807) is 38.4 Å². The molecule has 1 amide bonds. The van der Waals surface area contributed by atoms with E-state index in [-0.39, 0.29) is 18.1 Å². The Morgan fingerprint density at radius 3 is 2.39 bits per heavy atom. The second kappa shape index (κ2) is 8.98. The number of nitrogens with one attached hydrogen (secondary N) is 1. The lowest BCUT2D eigenvalue weighted by Crippen LogP contribution is -2.46. The summed E-state index contributed by atoms with van der Waals surface area (Å²) in [4.78, 5) is 12.7. The second-order valence-corrected chi connectivity index (χ2v) is 10.4. The van der Waals surface area contributed by atoms with E-state index in [2.05, 4.69) is 17.4 Å². The molecule has 7 nitrogen and oxygen atoms in total. The Balaban J connectivity index is 1.31. The van der Waals surface area contributed by atoms with Crippen LogP contribution in [-0.2, 0) is 16.6 Å². The molecule has 0 unspecified atom stereocenters. The topological polar surface area (TPSA) is 79.0 Å². The number of ether oxygens (including phenoxy) is 1. The molecule has 1 heterocycles. The maximum Gasteiger partial charge on any atom is 0.281 e. The first-order chi connectivity index (χ1) is 14.8. The van der Waals surface area contributed by atoms with Gasteiger partial charge in [-0.15, -0.1) is 0 Å². The number of aryl methyl sites for hydroxylation is 1. The second-order valence-electron chi connectivity index (χ2n) is 8.29. The average Bonchev–Trinajstić information content (AvgIpc) is 3.17. The first kappa shape index (κ1) is 21.8. The van der Waals surface area contributed by atoms with Crippen LogP contribution in [0.4, 0.5) is 0 Å². The van der Waals surface area contributed by atoms with Crippen molar-refractivity contribution in [1.29, 1.82) is 0 Å². The number of benzene rings is 2. The summed E-state index contributed by atoms with van der Waals surface area (Å²) in [5.41, 5.74) is 3.11. The van der Waals surface area contributed by atoms with Crippen LogP contribution in [0.1, 0.15) is 46.8 Å². The molecule has 0 radical (unpaired) electrons. The van der Waals surface area contributed by atoms with Crippen LogP contribution in [0.15, 0.2) is 48.5 Å². The quantitative estimate of drug-likeness (QED) is 0.745. The molecule has 0 spiro atoms. The highest BCUT2D eigenvalue weighted by Gasteiger charge is 2.30. The summed E-state index contributed by atoms with van der Waals surface area (Å²) in [7, 11) is -0.288. The van der Waals surface area contributed by atoms with Crippen molar-refractivity contribution in [3.8, 4) is 5.75 Å². The van der Waals surface area contributed by atoms with E-state index in [9.17, 15) is 13.2 Å². The molecule has 1 N–H and O–H groups in total. The number of piperidine rings is 1. The van der Waals surface area contributed by atoms with Gasteiger partial charge in [0.1, 0.15) is 11.9 Å². The minimum absolute atomic E-state index is 0.0386. The van der Waals surface area contributed by atoms with Gasteiger partial charge in [0.25, 0.3) is 16.1 Å². The lowest BCUT2D eigenvalue weighted by atomic mass is 10.1. The van der Waals surface area contributed by atoms with Gasteiger partial charge in [0, 0.05) is 32.7 Å². The largest absolute Gasteiger partial charge is 0.490 e. The molecule has 0 aromatic heterocycles. The zero-order valence-corrected chi connectivity index (χ0v) is 18.8. The number of carbonyl (C=O) groups is 1. The van der Waals surface area contributed by atoms with Gasteiger partial charge in [0.15, 0.2) is 0 Å². The molecule has 2 aliphatic rings. The van der Waals surface area contributed by atoms with Gasteiger partial charge >= 0.3 is 0 Å². The third kappa shape index (κ3) is 4.76. The monoisotopic (exact) mass is 443 g/mol. The molecule has 166 valence electrons. The minimum Gasteiger partial charge on any atom is -0.490 e. The fraction of sp³-hybridized carbons (Fsp3) is 0.435. The molecule has 0 bridgehead atoms. The summed E-state index contributed by atoms with van der Waals surface area (Å²) in [6, 6.07) is 15.5. The maximum atomic E-state index is 12.7. The first-order valence-electron chi connectivity index (χ1n) is 10.7. The van der Waals surface area contributed by atoms with Crippen LogP contribution in [0.2, 0.25) is 0 Å². The van der Waals surface area contributed by atoms with Crippen LogP contribution in [0.3, 0.4) is 0 Å². The van der Waals surface area contributed by atoms with Gasteiger partial charge < -0.3 is 10.1 Å². The number of nitrogens with zero attached hydrogens (tertiary/aromatic N) is 2. The summed E-state index contributed by atoms with van der Waals surface area (Å²) >= 11 is 0. The molecule has 1 aliphatic carbocycles. The van der Waals surface area contributed by atoms with E-state index < -0.39 is 10.2 Å². The summed E-state index contributed by atoms with van der Waals surface area (Å²) in [6.07, 6.45) is 3.15. The van der Waals surface area contributed by atoms with E-state index in [0.717, 1.165) is 12.8 Å². The smallest absolute Gasteiger partial charge is 0.281 e. The first-order valence-corrected chi connectivity index (χ1v) is 12.1. The molecule has 2 aromatic rings. The van der Waals surface area contributed by atoms with Gasteiger partial charge in [-0.2, -0.15) is 17.0 Å². The molecular weight excluding hydrogens is 414 g/mol. The van der Waals surface area contributed by atoms with E-state index >= 15 is 0 Å². The average molecular weight is 444 g/mol. The van der Waals surface area contributed by atoms with Gasteiger partial charge in [-0.05, 0) is 61.1 Å². The Hall–Kier alpha value is -2.42. The molecule has 31 heavy (non-hydrogen) atoms. The van der Waals surface area contributed by atoms with E-state index in [0.29, 0.717) is 37.2 Å². The highest BCUT2D eigenvalue weighted by Crippen LogP contribution is 2.31. The van der Waals surface area contributed by atoms with Crippen molar-refractivity contribution in [3.63, 3.8) is 0 Å². The number of rotatable bonds is 6. The third-order valence-electron chi connectivity index (χ3n) is 6.05. The predicted octanol–water partition coefficient (Wildman–Crippen LogP) is 2.75. The Kier molecular flexibility index (Phi) is 6.31. The van der Waals surface area contributed by atoms with Crippen LogP contribution in [0.5, 0.6) is 5.75 Å². The Bertz CT molecular complexity index is 1030. The van der Waals surface area contributed by atoms with Crippen LogP contribution in [0.25, 0.3) is 0 Å². The molecule has 8 heteroatoms. The van der Waals surface area contributed by atoms with Crippen molar-refractivity contribution in [2.24, 2.45) is 0 Å². The van der Waals surface area contributed by atoms with E-state index in [4.69, 9.17) is 4.74 Å². The summed E-state index contributed by atoms with van der Waals surface area (Å²) < 4.78 is 33.2. The lowest BCUT2D eigenvalue weighted by Gasteiger charge is -2.32. The fourth-order valence-electron chi connectivity index (χ4n) is 4.24. The van der Waals surface area contributed by atoms with Crippen molar-refractivity contribution in [2.75, 3.05) is 27.2 Å². The highest BCUT2D eigenvalue weighted by molar-refractivity contribution is 7.86. The van der Waals surface area contributed by atoms with Gasteiger partial charge in [-0.25, -0.2) is 0 Å². The molecule has 4 rings (SSSR count). The number of hydrogen-bond acceptors (Lipinski definition) is 4. The molecule has 1 aliphatic heterocycles. The minimum atomic E-state index is -3.37. The van der Waals surface area contributed by atoms with Gasteiger partial charge in [0.05, 0.1) is 6.04 Å². The van der Waals surface area contributed by atoms with Crippen molar-refractivity contribution in [3.05, 3.63) is 65.2 Å². The number of amides is 1. The molecule has 1 atom stereocenters. The van der Waals surface area contributed by atoms with Crippen molar-refractivity contribution < 1.29 is 17.9 Å². The molecule has 2 aromatic carbocycles. The molecular formula is C23H29N3O4S. The Labute approximate surface area is 184 Å². The van der Waals surface area contributed by atoms with Gasteiger partial charge in [0.2, 0.25) is 0 Å². The van der Waals surface area contributed by atoms with E-state index in [1.807, 2.05) is 12.1 Å². The van der Waals surface area contributed by atoms with Gasteiger partial charge in [-0.1, -0.05) is 24.3 Å². The molecule has 0 saturated carbocycles. The zero-order chi connectivity index (χ0) is 22.0. The van der Waals surface area contributed by atoms with E-state index in [1.165, 1.54) is 19.7 Å². The normalized spacial score (nSPS) is 19.9. The van der Waals surface area contributed by atoms with Crippen molar-refractivity contribution in [2.45, 2.75) is 37.8 Å². The summed E-state index contributed by atoms with van der Waals surface area (Å²) in [5.74, 6) is 0.604. The summed E-state index contributed by atoms with van der Waals surface area (Å²) in [6.45, 7) is 0.878. The summed E-state index contributed by atoms with van der Waals surface area (Å²) in [5, 5.41) is 3.13. The Morgan fingerprint density at radius 1 is 1.03 bits per heavy atom. The number of hydrogen-bond donors (Lipinski definition) is 1. The SMILES string of the molecule is CN(C)S(=O)(=O)N1CCC(Oc2ccc(C(=O)N[C@@H]3CCc4ccccc43)cc2)CC1. The highest BCUT2D eigenvalue weighted by atomic mass is 32.2. The lowest BCUT2D eigenvalue weighted by molar-refractivity contribution is 0.0936. The predicted molar refractivity (Wildman–Crippen MR) is 119 cm³/mol. The van der Waals surface area contributed by atoms with Crippen LogP contribution >= 0.6 is 0 Å². The van der Waals surface area contributed by atoms with Crippen LogP contribution < -0.4 is 10.1 Å². The van der Waals surface area contributed by atoms with Crippen molar-refractivity contribution >= 4 is 16.1 Å². The van der Waals surface area contributed by atoms with Crippen LogP contribution in [0, 0.1) is 0 Å². The molecule has 1 saturated heterocycles. The van der Waals surface area contributed by atoms with Gasteiger partial charge in [-0.3, -0.25) is 4.79 Å². The Morgan fingerprint density at radius 2 is 1.71 bits per heavy atom. The zero-order valence-electron chi connectivity index (χ0n) is 18.0. The maximum absolute atomic E-state index is 12.7. The van der Waals surface area contributed by atoms with Crippen LogP contribution in [-0.4, -0.2) is 56.2 Å². The fourth-order valence-corrected chi connectivity index (χ4v) is 5.37. The standard InChI is InChI=1S/C23H29N3O4S/c1-25(2)31(28,29)26-15-13-20(14-16-26)30-19-10-7-18(8-11-19)23(27)24-22-12-9-17-5-3-4-6-21(17)22/h3-8,10-11,20,22H,9,12-16H2,1-2H3,(H,24,27)/t22-/m1/s1.